The summed E-state index contributed by atoms with van der Waals surface area (Å²) in [5, 5.41) is 4.43. The number of methoxy groups -OCH3 is 2. The summed E-state index contributed by atoms with van der Waals surface area (Å²) in [5.74, 6) is 0.876. The first kappa shape index (κ1) is 37.1. The third-order valence-electron chi connectivity index (χ3n) is 7.79. The highest BCUT2D eigenvalue weighted by Crippen LogP contribution is 2.21. The maximum absolute atomic E-state index is 11.9. The molecule has 0 aliphatic carbocycles. The van der Waals surface area contributed by atoms with Crippen LogP contribution in [0.4, 0.5) is 0 Å². The number of oxime groups is 1. The second-order valence-electron chi connectivity index (χ2n) is 11.5. The fourth-order valence-corrected chi connectivity index (χ4v) is 5.04. The molecule has 0 saturated heterocycles. The lowest BCUT2D eigenvalue weighted by atomic mass is 10.00. The molecule has 0 atom stereocenters. The summed E-state index contributed by atoms with van der Waals surface area (Å²) in [4.78, 5) is 29.5. The smallest absolute Gasteiger partial charge is 0.337 e. The molecule has 3 aromatic rings. The van der Waals surface area contributed by atoms with Gasteiger partial charge in [0.25, 0.3) is 0 Å². The molecule has 3 aromatic carbocycles. The van der Waals surface area contributed by atoms with Crippen molar-refractivity contribution in [1.82, 2.24) is 0 Å². The molecule has 0 saturated carbocycles. The molecule has 3 rings (SSSR count). The highest BCUT2D eigenvalue weighted by atomic mass is 16.6. The molecule has 0 amide bonds. The minimum atomic E-state index is -0.411. The fraction of sp³-hybridized carbons (Fsp3) is 0.462. The van der Waals surface area contributed by atoms with Crippen molar-refractivity contribution < 1.29 is 33.4 Å². The Kier molecular flexibility index (Phi) is 17.6. The van der Waals surface area contributed by atoms with E-state index >= 15 is 0 Å². The monoisotopic (exact) mass is 645 g/mol. The molecule has 0 bridgehead atoms. The number of rotatable bonds is 23. The lowest BCUT2D eigenvalue weighted by Gasteiger charge is -2.10. The molecule has 8 nitrogen and oxygen atoms in total. The first-order valence-corrected chi connectivity index (χ1v) is 17.0. The van der Waals surface area contributed by atoms with E-state index in [1.54, 1.807) is 48.5 Å². The first-order valence-electron chi connectivity index (χ1n) is 17.0. The van der Waals surface area contributed by atoms with Gasteiger partial charge in [-0.3, -0.25) is 0 Å². The Hall–Kier alpha value is -4.33. The van der Waals surface area contributed by atoms with Gasteiger partial charge in [0.15, 0.2) is 0 Å². The number of benzene rings is 3. The lowest BCUT2D eigenvalue weighted by molar-refractivity contribution is 0.0592. The Morgan fingerprint density at radius 2 is 0.936 bits per heavy atom. The Bertz CT molecular complexity index is 1290. The van der Waals surface area contributed by atoms with E-state index in [-0.39, 0.29) is 0 Å². The van der Waals surface area contributed by atoms with Gasteiger partial charge in [0.2, 0.25) is 0 Å². The topological polar surface area (TPSA) is 92.6 Å². The van der Waals surface area contributed by atoms with Crippen molar-refractivity contribution in [3.63, 3.8) is 0 Å². The number of hydrogen-bond donors (Lipinski definition) is 0. The molecule has 0 heterocycles. The van der Waals surface area contributed by atoms with Gasteiger partial charge < -0.3 is 23.8 Å². The van der Waals surface area contributed by atoms with Crippen LogP contribution in [0.25, 0.3) is 0 Å². The minimum absolute atomic E-state index is 0.411. The number of unbranched alkanes of at least 4 members (excludes halogenated alkanes) is 10. The number of nitrogens with zero attached hydrogens (tertiary/aromatic N) is 1. The first-order chi connectivity index (χ1) is 23.0. The van der Waals surface area contributed by atoms with E-state index in [1.165, 1.54) is 59.2 Å². The van der Waals surface area contributed by atoms with Crippen molar-refractivity contribution in [2.45, 2.75) is 84.0 Å². The Morgan fingerprint density at radius 1 is 0.532 bits per heavy atom. The largest absolute Gasteiger partial charge is 0.493 e. The van der Waals surface area contributed by atoms with Crippen LogP contribution in [0.3, 0.4) is 0 Å². The molecule has 0 spiro atoms. The summed E-state index contributed by atoms with van der Waals surface area (Å²) in [7, 11) is 2.70. The summed E-state index contributed by atoms with van der Waals surface area (Å²) in [6, 6.07) is 21.8. The third kappa shape index (κ3) is 13.9. The van der Waals surface area contributed by atoms with Gasteiger partial charge in [0.1, 0.15) is 23.8 Å². The summed E-state index contributed by atoms with van der Waals surface area (Å²) in [5.41, 5.74) is 3.01. The number of hydrogen-bond acceptors (Lipinski definition) is 8. The van der Waals surface area contributed by atoms with Crippen LogP contribution in [0.5, 0.6) is 11.5 Å². The molecular formula is C39H51NO7. The lowest BCUT2D eigenvalue weighted by Crippen LogP contribution is -2.08. The predicted molar refractivity (Wildman–Crippen MR) is 186 cm³/mol. The summed E-state index contributed by atoms with van der Waals surface area (Å²) in [6.07, 6.45) is 14.1. The van der Waals surface area contributed by atoms with Crippen molar-refractivity contribution in [3.8, 4) is 11.5 Å². The van der Waals surface area contributed by atoms with Crippen LogP contribution >= 0.6 is 0 Å². The van der Waals surface area contributed by atoms with E-state index in [2.05, 4.69) is 12.1 Å². The van der Waals surface area contributed by atoms with Crippen LogP contribution < -0.4 is 9.47 Å². The van der Waals surface area contributed by atoms with Gasteiger partial charge >= 0.3 is 11.9 Å². The van der Waals surface area contributed by atoms with Crippen LogP contribution in [0.1, 0.15) is 116 Å². The molecular weight excluding hydrogens is 594 g/mol. The zero-order valence-corrected chi connectivity index (χ0v) is 28.3. The van der Waals surface area contributed by atoms with Crippen LogP contribution in [-0.4, -0.2) is 51.7 Å². The predicted octanol–water partition coefficient (Wildman–Crippen LogP) is 9.19. The van der Waals surface area contributed by atoms with Gasteiger partial charge in [0.05, 0.1) is 38.6 Å². The van der Waals surface area contributed by atoms with Gasteiger partial charge in [-0.05, 0) is 68.5 Å². The molecule has 47 heavy (non-hydrogen) atoms. The second kappa shape index (κ2) is 22.2. The molecule has 0 N–H and O–H groups in total. The normalized spacial score (nSPS) is 10.6. The summed E-state index contributed by atoms with van der Waals surface area (Å²) in [6.45, 7) is 4.11. The van der Waals surface area contributed by atoms with Crippen molar-refractivity contribution in [2.24, 2.45) is 5.16 Å². The summed E-state index contributed by atoms with van der Waals surface area (Å²) >= 11 is 0. The van der Waals surface area contributed by atoms with E-state index in [0.29, 0.717) is 30.1 Å². The zero-order chi connectivity index (χ0) is 33.5. The van der Waals surface area contributed by atoms with Gasteiger partial charge in [-0.25, -0.2) is 9.59 Å². The van der Waals surface area contributed by atoms with Crippen LogP contribution in [0.2, 0.25) is 0 Å². The number of esters is 2. The third-order valence-corrected chi connectivity index (χ3v) is 7.79. The Balaban J connectivity index is 1.37. The SMILES string of the molecule is CCCCCCCCCCOc1cccc(OCCCCCCON=C(c2ccc(C(=O)OC)cc2)c2ccc(C(=O)OC)cc2)c1. The van der Waals surface area contributed by atoms with Gasteiger partial charge in [-0.15, -0.1) is 0 Å². The quantitative estimate of drug-likeness (QED) is 0.0439. The molecule has 0 aliphatic heterocycles. The highest BCUT2D eigenvalue weighted by molar-refractivity contribution is 6.13. The van der Waals surface area contributed by atoms with Crippen molar-refractivity contribution in [2.75, 3.05) is 34.0 Å². The van der Waals surface area contributed by atoms with E-state index in [4.69, 9.17) is 23.8 Å². The second-order valence-corrected chi connectivity index (χ2v) is 11.5. The standard InChI is InChI=1S/C39H51NO7/c1-4-5-6-7-8-9-10-13-27-45-35-17-16-18-36(30-35)46-28-14-11-12-15-29-47-40-37(31-19-23-33(24-20-31)38(41)43-2)32-21-25-34(26-22-32)39(42)44-3/h16-26,30H,4-15,27-29H2,1-3H3. The Labute approximate surface area is 280 Å². The molecule has 0 radical (unpaired) electrons. The molecule has 8 heteroatoms. The molecule has 0 aliphatic rings. The minimum Gasteiger partial charge on any atom is -0.493 e. The average molecular weight is 646 g/mol. The number of carbonyl (C=O) groups is 2. The summed E-state index contributed by atoms with van der Waals surface area (Å²) < 4.78 is 21.5. The average Bonchev–Trinajstić information content (AvgIpc) is 3.11. The van der Waals surface area contributed by atoms with Gasteiger partial charge in [-0.1, -0.05) is 87.4 Å². The highest BCUT2D eigenvalue weighted by Gasteiger charge is 2.13. The fourth-order valence-electron chi connectivity index (χ4n) is 5.04. The van der Waals surface area contributed by atoms with Gasteiger partial charge in [0, 0.05) is 17.2 Å². The van der Waals surface area contributed by atoms with E-state index in [0.717, 1.165) is 61.3 Å². The molecule has 0 fully saturated rings. The van der Waals surface area contributed by atoms with Crippen LogP contribution in [0.15, 0.2) is 78.0 Å². The van der Waals surface area contributed by atoms with E-state index in [9.17, 15) is 9.59 Å². The van der Waals surface area contributed by atoms with Crippen LogP contribution in [-0.2, 0) is 14.3 Å². The maximum atomic E-state index is 11.9. The zero-order valence-electron chi connectivity index (χ0n) is 28.3. The number of ether oxygens (including phenoxy) is 4. The maximum Gasteiger partial charge on any atom is 0.337 e. The van der Waals surface area contributed by atoms with E-state index in [1.807, 2.05) is 24.3 Å². The van der Waals surface area contributed by atoms with Crippen LogP contribution in [0, 0.1) is 0 Å². The molecule has 0 unspecified atom stereocenters. The van der Waals surface area contributed by atoms with Gasteiger partial charge in [-0.2, -0.15) is 0 Å². The van der Waals surface area contributed by atoms with Crippen molar-refractivity contribution in [3.05, 3.63) is 95.1 Å². The van der Waals surface area contributed by atoms with E-state index < -0.39 is 11.9 Å². The molecule has 0 aromatic heterocycles. The Morgan fingerprint density at radius 3 is 1.38 bits per heavy atom. The van der Waals surface area contributed by atoms with Crippen molar-refractivity contribution in [1.29, 1.82) is 0 Å². The molecule has 254 valence electrons. The number of carbonyl (C=O) groups excluding carboxylic acids is 2. The van der Waals surface area contributed by atoms with Crippen molar-refractivity contribution >= 4 is 17.7 Å².